The molecule has 1 rings (SSSR count). The van der Waals surface area contributed by atoms with Gasteiger partial charge in [0.05, 0.1) is 0 Å². The van der Waals surface area contributed by atoms with Crippen LogP contribution in [0.25, 0.3) is 0 Å². The van der Waals surface area contributed by atoms with Crippen LogP contribution in [0.15, 0.2) is 16.0 Å². The lowest BCUT2D eigenvalue weighted by Crippen LogP contribution is -2.24. The van der Waals surface area contributed by atoms with Crippen LogP contribution in [0, 0.1) is 6.92 Å². The number of carbonyl (C=O) groups is 1. The molecule has 1 aromatic heterocycles. The predicted molar refractivity (Wildman–Crippen MR) is 82.1 cm³/mol. The highest BCUT2D eigenvalue weighted by Crippen LogP contribution is 2.15. The molecule has 0 spiro atoms. The zero-order valence-corrected chi connectivity index (χ0v) is 13.3. The van der Waals surface area contributed by atoms with Gasteiger partial charge in [-0.15, -0.1) is 0 Å². The fourth-order valence-electron chi connectivity index (χ4n) is 1.65. The van der Waals surface area contributed by atoms with Crippen molar-refractivity contribution in [2.45, 2.75) is 44.7 Å². The third-order valence-electron chi connectivity index (χ3n) is 2.85. The molecule has 0 aliphatic carbocycles. The molecule has 6 heteroatoms. The highest BCUT2D eigenvalue weighted by atomic mass is 32.2. The molecule has 1 amide bonds. The molecule has 0 saturated carbocycles. The predicted octanol–water partition coefficient (Wildman–Crippen LogP) is 1.88. The van der Waals surface area contributed by atoms with Crippen LogP contribution in [-0.4, -0.2) is 27.8 Å². The van der Waals surface area contributed by atoms with Gasteiger partial charge in [-0.3, -0.25) is 14.2 Å². The molecule has 0 fully saturated rings. The lowest BCUT2D eigenvalue weighted by Gasteiger charge is -2.07. The second kappa shape index (κ2) is 8.79. The summed E-state index contributed by atoms with van der Waals surface area (Å²) in [7, 11) is 1.72. The van der Waals surface area contributed by atoms with Crippen molar-refractivity contribution in [1.29, 1.82) is 0 Å². The van der Waals surface area contributed by atoms with Crippen molar-refractivity contribution in [2.75, 3.05) is 12.3 Å². The molecule has 0 aliphatic rings. The first-order valence-electron chi connectivity index (χ1n) is 6.98. The molecular formula is C14H23N3O2S. The fraction of sp³-hybridized carbons (Fsp3) is 0.643. The van der Waals surface area contributed by atoms with Crippen molar-refractivity contribution < 1.29 is 4.79 Å². The first kappa shape index (κ1) is 16.8. The largest absolute Gasteiger partial charge is 0.356 e. The number of aryl methyl sites for hydroxylation is 1. The van der Waals surface area contributed by atoms with Crippen LogP contribution in [0.4, 0.5) is 0 Å². The van der Waals surface area contributed by atoms with E-state index in [1.807, 2.05) is 6.92 Å². The smallest absolute Gasteiger partial charge is 0.254 e. The Bertz CT molecular complexity index is 500. The van der Waals surface area contributed by atoms with Crippen LogP contribution in [0.1, 0.15) is 38.3 Å². The van der Waals surface area contributed by atoms with Crippen molar-refractivity contribution in [3.63, 3.8) is 0 Å². The van der Waals surface area contributed by atoms with Crippen LogP contribution >= 0.6 is 11.8 Å². The zero-order chi connectivity index (χ0) is 15.0. The second-order valence-corrected chi connectivity index (χ2v) is 5.79. The first-order chi connectivity index (χ1) is 9.54. The fourth-order valence-corrected chi connectivity index (χ4v) is 2.61. The molecule has 5 nitrogen and oxygen atoms in total. The van der Waals surface area contributed by atoms with Gasteiger partial charge in [-0.2, -0.15) is 0 Å². The normalized spacial score (nSPS) is 10.6. The molecule has 0 radical (unpaired) electrons. The number of hydrogen-bond donors (Lipinski definition) is 1. The monoisotopic (exact) mass is 297 g/mol. The van der Waals surface area contributed by atoms with Gasteiger partial charge in [0.2, 0.25) is 5.91 Å². The molecule has 0 unspecified atom stereocenters. The van der Waals surface area contributed by atoms with Gasteiger partial charge in [0.15, 0.2) is 5.16 Å². The van der Waals surface area contributed by atoms with Crippen LogP contribution < -0.4 is 10.9 Å². The van der Waals surface area contributed by atoms with Gasteiger partial charge in [0.1, 0.15) is 0 Å². The minimum absolute atomic E-state index is 0.0442. The Hall–Kier alpha value is -1.30. The van der Waals surface area contributed by atoms with Crippen LogP contribution in [0.3, 0.4) is 0 Å². The molecule has 0 atom stereocenters. The van der Waals surface area contributed by atoms with Crippen LogP contribution in [0.5, 0.6) is 0 Å². The molecule has 1 N–H and O–H groups in total. The van der Waals surface area contributed by atoms with Gasteiger partial charge in [0.25, 0.3) is 5.56 Å². The Kier molecular flexibility index (Phi) is 7.36. The Morgan fingerprint density at radius 2 is 2.20 bits per heavy atom. The molecule has 0 bridgehead atoms. The van der Waals surface area contributed by atoms with E-state index in [4.69, 9.17) is 0 Å². The van der Waals surface area contributed by atoms with Crippen molar-refractivity contribution in [3.8, 4) is 0 Å². The van der Waals surface area contributed by atoms with E-state index in [-0.39, 0.29) is 11.5 Å². The Balaban J connectivity index is 2.31. The van der Waals surface area contributed by atoms with E-state index in [1.165, 1.54) is 17.8 Å². The summed E-state index contributed by atoms with van der Waals surface area (Å²) in [6.45, 7) is 4.67. The molecule has 0 saturated heterocycles. The van der Waals surface area contributed by atoms with E-state index in [0.717, 1.165) is 37.3 Å². The lowest BCUT2D eigenvalue weighted by atomic mass is 10.3. The summed E-state index contributed by atoms with van der Waals surface area (Å²) in [5.41, 5.74) is 0.685. The second-order valence-electron chi connectivity index (χ2n) is 4.73. The minimum Gasteiger partial charge on any atom is -0.356 e. The number of aromatic nitrogens is 2. The molecule has 0 aromatic carbocycles. The standard InChI is InChI=1S/C14H23N3O2S/c1-4-5-8-15-12(18)7-6-9-20-14-16-11(2)10-13(19)17(14)3/h10H,4-9H2,1-3H3,(H,15,18). The van der Waals surface area contributed by atoms with Crippen LogP contribution in [0.2, 0.25) is 0 Å². The average molecular weight is 297 g/mol. The van der Waals surface area contributed by atoms with Gasteiger partial charge in [0, 0.05) is 37.5 Å². The number of nitrogens with zero attached hydrogens (tertiary/aromatic N) is 2. The number of thioether (sulfide) groups is 1. The van der Waals surface area contributed by atoms with Gasteiger partial charge >= 0.3 is 0 Å². The summed E-state index contributed by atoms with van der Waals surface area (Å²) in [4.78, 5) is 27.4. The first-order valence-corrected chi connectivity index (χ1v) is 7.97. The highest BCUT2D eigenvalue weighted by Gasteiger charge is 2.05. The summed E-state index contributed by atoms with van der Waals surface area (Å²) in [5, 5.41) is 3.60. The van der Waals surface area contributed by atoms with Gasteiger partial charge in [-0.1, -0.05) is 25.1 Å². The maximum Gasteiger partial charge on any atom is 0.254 e. The minimum atomic E-state index is -0.0442. The van der Waals surface area contributed by atoms with E-state index in [2.05, 4.69) is 17.2 Å². The number of hydrogen-bond acceptors (Lipinski definition) is 4. The Labute approximate surface area is 124 Å². The van der Waals surface area contributed by atoms with E-state index >= 15 is 0 Å². The summed E-state index contributed by atoms with van der Waals surface area (Å²) >= 11 is 1.52. The average Bonchev–Trinajstić information content (AvgIpc) is 2.40. The number of rotatable bonds is 8. The van der Waals surface area contributed by atoms with Gasteiger partial charge in [-0.25, -0.2) is 4.98 Å². The summed E-state index contributed by atoms with van der Waals surface area (Å²) in [6, 6.07) is 1.52. The number of carbonyl (C=O) groups excluding carboxylic acids is 1. The van der Waals surface area contributed by atoms with Gasteiger partial charge in [-0.05, 0) is 19.8 Å². The van der Waals surface area contributed by atoms with Crippen molar-refractivity contribution in [1.82, 2.24) is 14.9 Å². The summed E-state index contributed by atoms with van der Waals surface area (Å²) < 4.78 is 1.54. The van der Waals surface area contributed by atoms with Crippen molar-refractivity contribution in [2.24, 2.45) is 7.05 Å². The Morgan fingerprint density at radius 3 is 2.90 bits per heavy atom. The number of amides is 1. The Morgan fingerprint density at radius 1 is 1.45 bits per heavy atom. The van der Waals surface area contributed by atoms with E-state index in [1.54, 1.807) is 11.6 Å². The van der Waals surface area contributed by atoms with Gasteiger partial charge < -0.3 is 5.32 Å². The molecule has 1 aromatic rings. The van der Waals surface area contributed by atoms with E-state index in [9.17, 15) is 9.59 Å². The maximum atomic E-state index is 11.6. The molecule has 20 heavy (non-hydrogen) atoms. The third-order valence-corrected chi connectivity index (χ3v) is 3.97. The maximum absolute atomic E-state index is 11.6. The van der Waals surface area contributed by atoms with E-state index < -0.39 is 0 Å². The van der Waals surface area contributed by atoms with Crippen LogP contribution in [-0.2, 0) is 11.8 Å². The van der Waals surface area contributed by atoms with E-state index in [0.29, 0.717) is 11.6 Å². The number of unbranched alkanes of at least 4 members (excludes halogenated alkanes) is 1. The molecule has 1 heterocycles. The molecule has 112 valence electrons. The molecular weight excluding hydrogens is 274 g/mol. The van der Waals surface area contributed by atoms with Crippen molar-refractivity contribution in [3.05, 3.63) is 22.1 Å². The lowest BCUT2D eigenvalue weighted by molar-refractivity contribution is -0.121. The van der Waals surface area contributed by atoms with Crippen molar-refractivity contribution >= 4 is 17.7 Å². The highest BCUT2D eigenvalue weighted by molar-refractivity contribution is 7.99. The zero-order valence-electron chi connectivity index (χ0n) is 12.4. The summed E-state index contributed by atoms with van der Waals surface area (Å²) in [6.07, 6.45) is 3.42. The third kappa shape index (κ3) is 5.77. The SMILES string of the molecule is CCCCNC(=O)CCCSc1nc(C)cc(=O)n1C. The topological polar surface area (TPSA) is 64.0 Å². The quantitative estimate of drug-likeness (QED) is 0.452. The molecule has 0 aliphatic heterocycles. The summed E-state index contributed by atoms with van der Waals surface area (Å²) in [5.74, 6) is 0.885. The number of nitrogens with one attached hydrogen (secondary N) is 1.